The molecule has 0 bridgehead atoms. The fourth-order valence-corrected chi connectivity index (χ4v) is 2.05. The van der Waals surface area contributed by atoms with Crippen molar-refractivity contribution in [2.24, 2.45) is 0 Å². The molecule has 0 saturated heterocycles. The number of rotatable bonds is 5. The number of hydrogen-bond acceptors (Lipinski definition) is 5. The van der Waals surface area contributed by atoms with E-state index in [4.69, 9.17) is 0 Å². The molecular weight excluding hydrogens is 318 g/mol. The molecule has 2 aromatic rings. The number of methoxy groups -OCH3 is 1. The number of aryl methyl sites for hydroxylation is 1. The first-order valence-electron chi connectivity index (χ1n) is 7.46. The Kier molecular flexibility index (Phi) is 5.91. The topological polar surface area (TPSA) is 91.2 Å². The Hall–Kier alpha value is -3.59. The van der Waals surface area contributed by atoms with E-state index in [1.54, 1.807) is 30.3 Å². The van der Waals surface area contributed by atoms with Crippen LogP contribution >= 0.6 is 0 Å². The van der Waals surface area contributed by atoms with E-state index in [9.17, 15) is 14.9 Å². The lowest BCUT2D eigenvalue weighted by Gasteiger charge is -2.06. The van der Waals surface area contributed by atoms with E-state index in [0.29, 0.717) is 16.9 Å². The van der Waals surface area contributed by atoms with Crippen molar-refractivity contribution in [2.45, 2.75) is 6.92 Å². The van der Waals surface area contributed by atoms with Crippen molar-refractivity contribution in [2.75, 3.05) is 17.7 Å². The number of benzene rings is 2. The zero-order chi connectivity index (χ0) is 18.2. The van der Waals surface area contributed by atoms with Crippen molar-refractivity contribution < 1.29 is 14.3 Å². The number of nitrogens with zero attached hydrogens (tertiary/aromatic N) is 1. The van der Waals surface area contributed by atoms with Crippen LogP contribution in [0.3, 0.4) is 0 Å². The van der Waals surface area contributed by atoms with Crippen LogP contribution in [0, 0.1) is 18.3 Å². The Morgan fingerprint density at radius 3 is 2.44 bits per heavy atom. The maximum Gasteiger partial charge on any atom is 0.337 e. The molecule has 2 aromatic carbocycles. The predicted molar refractivity (Wildman–Crippen MR) is 94.9 cm³/mol. The van der Waals surface area contributed by atoms with Gasteiger partial charge in [-0.25, -0.2) is 4.79 Å². The first kappa shape index (κ1) is 17.8. The zero-order valence-electron chi connectivity index (χ0n) is 13.9. The summed E-state index contributed by atoms with van der Waals surface area (Å²) >= 11 is 0. The number of carbonyl (C=O) groups is 2. The highest BCUT2D eigenvalue weighted by Gasteiger charge is 2.09. The highest BCUT2D eigenvalue weighted by atomic mass is 16.5. The van der Waals surface area contributed by atoms with Gasteiger partial charge in [0.05, 0.1) is 12.7 Å². The standard InChI is InChI=1S/C19H17N3O3/c1-13-4-3-5-17(10-13)22-18(23)15(11-20)12-21-16-8-6-14(7-9-16)19(24)25-2/h3-10,12,21H,1-2H3,(H,22,23)/b15-12+. The molecule has 0 unspecified atom stereocenters. The van der Waals surface area contributed by atoms with Crippen molar-refractivity contribution in [1.29, 1.82) is 5.26 Å². The normalized spacial score (nSPS) is 10.5. The van der Waals surface area contributed by atoms with Crippen LogP contribution in [-0.4, -0.2) is 19.0 Å². The van der Waals surface area contributed by atoms with Crippen LogP contribution in [0.25, 0.3) is 0 Å². The lowest BCUT2D eigenvalue weighted by molar-refractivity contribution is -0.112. The maximum atomic E-state index is 12.2. The first-order chi connectivity index (χ1) is 12.0. The summed E-state index contributed by atoms with van der Waals surface area (Å²) in [7, 11) is 1.31. The fraction of sp³-hybridized carbons (Fsp3) is 0.105. The third kappa shape index (κ3) is 4.94. The smallest absolute Gasteiger partial charge is 0.337 e. The van der Waals surface area contributed by atoms with Gasteiger partial charge < -0.3 is 15.4 Å². The highest BCUT2D eigenvalue weighted by Crippen LogP contribution is 2.13. The summed E-state index contributed by atoms with van der Waals surface area (Å²) < 4.78 is 4.62. The Morgan fingerprint density at radius 1 is 1.12 bits per heavy atom. The molecule has 0 aliphatic rings. The molecule has 2 N–H and O–H groups in total. The van der Waals surface area contributed by atoms with E-state index in [0.717, 1.165) is 5.56 Å². The van der Waals surface area contributed by atoms with Gasteiger partial charge >= 0.3 is 5.97 Å². The first-order valence-corrected chi connectivity index (χ1v) is 7.46. The van der Waals surface area contributed by atoms with Gasteiger partial charge in [0.15, 0.2) is 0 Å². The summed E-state index contributed by atoms with van der Waals surface area (Å²) in [6.45, 7) is 1.91. The number of carbonyl (C=O) groups excluding carboxylic acids is 2. The summed E-state index contributed by atoms with van der Waals surface area (Å²) in [5, 5.41) is 14.7. The fourth-order valence-electron chi connectivity index (χ4n) is 2.05. The molecule has 0 aliphatic heterocycles. The van der Waals surface area contributed by atoms with Gasteiger partial charge in [0.2, 0.25) is 0 Å². The quantitative estimate of drug-likeness (QED) is 0.497. The van der Waals surface area contributed by atoms with E-state index >= 15 is 0 Å². The third-order valence-corrected chi connectivity index (χ3v) is 3.33. The van der Waals surface area contributed by atoms with Gasteiger partial charge in [0, 0.05) is 17.6 Å². The Bertz CT molecular complexity index is 849. The SMILES string of the molecule is COC(=O)c1ccc(N/C=C(\C#N)C(=O)Nc2cccc(C)c2)cc1. The minimum atomic E-state index is -0.508. The summed E-state index contributed by atoms with van der Waals surface area (Å²) in [5.41, 5.74) is 2.59. The molecular formula is C19H17N3O3. The summed E-state index contributed by atoms with van der Waals surface area (Å²) in [5.74, 6) is -0.941. The van der Waals surface area contributed by atoms with Gasteiger partial charge in [-0.15, -0.1) is 0 Å². The molecule has 2 rings (SSSR count). The zero-order valence-corrected chi connectivity index (χ0v) is 13.9. The van der Waals surface area contributed by atoms with Crippen molar-refractivity contribution in [3.63, 3.8) is 0 Å². The van der Waals surface area contributed by atoms with Crippen LogP contribution in [0.4, 0.5) is 11.4 Å². The molecule has 6 heteroatoms. The van der Waals surface area contributed by atoms with Crippen molar-refractivity contribution in [1.82, 2.24) is 0 Å². The number of amides is 1. The molecule has 0 aromatic heterocycles. The van der Waals surface area contributed by atoms with Crippen LogP contribution in [0.2, 0.25) is 0 Å². The number of nitrogens with one attached hydrogen (secondary N) is 2. The van der Waals surface area contributed by atoms with Gasteiger partial charge in [0.25, 0.3) is 5.91 Å². The molecule has 0 saturated carbocycles. The van der Waals surface area contributed by atoms with E-state index in [2.05, 4.69) is 15.4 Å². The molecule has 0 radical (unpaired) electrons. The number of nitriles is 1. The van der Waals surface area contributed by atoms with E-state index in [1.165, 1.54) is 13.3 Å². The molecule has 0 heterocycles. The van der Waals surface area contributed by atoms with E-state index in [-0.39, 0.29) is 5.57 Å². The van der Waals surface area contributed by atoms with Crippen LogP contribution < -0.4 is 10.6 Å². The van der Waals surface area contributed by atoms with E-state index < -0.39 is 11.9 Å². The molecule has 0 aliphatic carbocycles. The van der Waals surface area contributed by atoms with Crippen LogP contribution in [0.1, 0.15) is 15.9 Å². The van der Waals surface area contributed by atoms with E-state index in [1.807, 2.05) is 31.2 Å². The van der Waals surface area contributed by atoms with Gasteiger partial charge in [-0.05, 0) is 48.9 Å². The second-order valence-corrected chi connectivity index (χ2v) is 5.21. The minimum absolute atomic E-state index is 0.0708. The number of esters is 1. The van der Waals surface area contributed by atoms with Gasteiger partial charge in [-0.3, -0.25) is 4.79 Å². The maximum absolute atomic E-state index is 12.2. The lowest BCUT2D eigenvalue weighted by Crippen LogP contribution is -2.14. The van der Waals surface area contributed by atoms with Crippen molar-refractivity contribution >= 4 is 23.3 Å². The van der Waals surface area contributed by atoms with Crippen molar-refractivity contribution in [3.8, 4) is 6.07 Å². The second kappa shape index (κ2) is 8.31. The third-order valence-electron chi connectivity index (χ3n) is 3.33. The molecule has 126 valence electrons. The number of hydrogen-bond donors (Lipinski definition) is 2. The van der Waals surface area contributed by atoms with Crippen molar-refractivity contribution in [3.05, 3.63) is 71.4 Å². The summed E-state index contributed by atoms with van der Waals surface area (Å²) in [6, 6.07) is 15.6. The van der Waals surface area contributed by atoms with Crippen LogP contribution in [0.15, 0.2) is 60.3 Å². The Labute approximate surface area is 145 Å². The second-order valence-electron chi connectivity index (χ2n) is 5.21. The van der Waals surface area contributed by atoms with Crippen LogP contribution in [-0.2, 0) is 9.53 Å². The predicted octanol–water partition coefficient (Wildman–Crippen LogP) is 3.24. The average molecular weight is 335 g/mol. The molecule has 1 amide bonds. The van der Waals surface area contributed by atoms with Gasteiger partial charge in [-0.1, -0.05) is 12.1 Å². The summed E-state index contributed by atoms with van der Waals surface area (Å²) in [4.78, 5) is 23.5. The van der Waals surface area contributed by atoms with Crippen LogP contribution in [0.5, 0.6) is 0 Å². The van der Waals surface area contributed by atoms with Gasteiger partial charge in [-0.2, -0.15) is 5.26 Å². The lowest BCUT2D eigenvalue weighted by atomic mass is 10.2. The molecule has 0 spiro atoms. The Balaban J connectivity index is 2.05. The van der Waals surface area contributed by atoms with Gasteiger partial charge in [0.1, 0.15) is 11.6 Å². The largest absolute Gasteiger partial charge is 0.465 e. The highest BCUT2D eigenvalue weighted by molar-refractivity contribution is 6.06. The number of ether oxygens (including phenoxy) is 1. The molecule has 0 fully saturated rings. The average Bonchev–Trinajstić information content (AvgIpc) is 2.62. The number of anilines is 2. The Morgan fingerprint density at radius 2 is 1.84 bits per heavy atom. The molecule has 25 heavy (non-hydrogen) atoms. The molecule has 6 nitrogen and oxygen atoms in total. The minimum Gasteiger partial charge on any atom is -0.465 e. The molecule has 0 atom stereocenters. The summed E-state index contributed by atoms with van der Waals surface area (Å²) in [6.07, 6.45) is 1.32. The monoisotopic (exact) mass is 335 g/mol.